The molecule has 34 heavy (non-hydrogen) atoms. The second-order valence-corrected chi connectivity index (χ2v) is 11.9. The van der Waals surface area contributed by atoms with Crippen LogP contribution in [0.5, 0.6) is 0 Å². The highest BCUT2D eigenvalue weighted by Crippen LogP contribution is 2.54. The molecule has 4 saturated carbocycles. The zero-order valence-corrected chi connectivity index (χ0v) is 21.3. The number of fused-ring (bicyclic) bond motifs is 3. The van der Waals surface area contributed by atoms with Crippen molar-refractivity contribution in [2.75, 3.05) is 13.2 Å². The average Bonchev–Trinajstić information content (AvgIpc) is 3.36. The third-order valence-electron chi connectivity index (χ3n) is 8.96. The number of esters is 2. The van der Waals surface area contributed by atoms with Crippen LogP contribution in [-0.2, 0) is 23.9 Å². The molecule has 4 aliphatic rings. The summed E-state index contributed by atoms with van der Waals surface area (Å²) in [5.41, 5.74) is -1.28. The van der Waals surface area contributed by atoms with Crippen molar-refractivity contribution in [3.63, 3.8) is 0 Å². The lowest BCUT2D eigenvalue weighted by atomic mass is 9.52. The van der Waals surface area contributed by atoms with Crippen molar-refractivity contribution in [2.24, 2.45) is 34.5 Å². The van der Waals surface area contributed by atoms with E-state index in [-0.39, 0.29) is 60.9 Å². The maximum atomic E-state index is 13.9. The van der Waals surface area contributed by atoms with E-state index in [0.29, 0.717) is 23.6 Å². The Morgan fingerprint density at radius 3 is 2.50 bits per heavy atom. The predicted octanol–water partition coefficient (Wildman–Crippen LogP) is 5.25. The lowest BCUT2D eigenvalue weighted by Crippen LogP contribution is -2.54. The quantitative estimate of drug-likeness (QED) is 0.367. The van der Waals surface area contributed by atoms with Crippen molar-refractivity contribution < 1.29 is 28.7 Å². The number of hydrogen-bond acceptors (Lipinski definition) is 7. The Balaban J connectivity index is 1.55. The van der Waals surface area contributed by atoms with Crippen molar-refractivity contribution in [3.8, 4) is 0 Å². The van der Waals surface area contributed by atoms with Crippen molar-refractivity contribution in [3.05, 3.63) is 22.4 Å². The molecule has 0 aromatic carbocycles. The van der Waals surface area contributed by atoms with Gasteiger partial charge in [0.15, 0.2) is 0 Å². The Hall–Kier alpha value is -2.02. The van der Waals surface area contributed by atoms with Crippen LogP contribution >= 0.6 is 11.3 Å². The molecular formula is C27H36O6S. The van der Waals surface area contributed by atoms with Crippen LogP contribution in [0.25, 0.3) is 0 Å². The molecule has 0 amide bonds. The molecule has 5 rings (SSSR count). The standard InChI is InChI=1S/C27H36O6S/c1-17-19-8-11-27(12-9-19,24(17)30)23(29)14-21-20(15-32-18(2)28)6-4-10-26(21,3)16-33-25(31)22-7-5-13-34-22/h5,7,13,17,19-21H,4,6,8-12,14-16H2,1-3H3. The average molecular weight is 489 g/mol. The molecule has 0 saturated heterocycles. The van der Waals surface area contributed by atoms with Crippen molar-refractivity contribution in [1.29, 1.82) is 0 Å². The summed E-state index contributed by atoms with van der Waals surface area (Å²) in [6.07, 6.45) is 6.04. The van der Waals surface area contributed by atoms with Crippen LogP contribution in [0.3, 0.4) is 0 Å². The molecule has 1 heterocycles. The maximum absolute atomic E-state index is 13.9. The lowest BCUT2D eigenvalue weighted by molar-refractivity contribution is -0.156. The number of ketones is 2. The Bertz CT molecular complexity index is 929. The van der Waals surface area contributed by atoms with E-state index in [0.717, 1.165) is 32.1 Å². The SMILES string of the molecule is CC(=O)OCC1CCCC(C)(COC(=O)c2cccs2)C1CC(=O)C12CCC(CC1)C(C)C2=O. The molecule has 4 aliphatic carbocycles. The van der Waals surface area contributed by atoms with Crippen LogP contribution < -0.4 is 0 Å². The van der Waals surface area contributed by atoms with E-state index in [1.807, 2.05) is 18.4 Å². The number of rotatable bonds is 8. The Morgan fingerprint density at radius 1 is 1.12 bits per heavy atom. The van der Waals surface area contributed by atoms with E-state index >= 15 is 0 Å². The molecule has 0 spiro atoms. The number of ether oxygens (including phenoxy) is 2. The number of carbonyl (C=O) groups excluding carboxylic acids is 4. The maximum Gasteiger partial charge on any atom is 0.348 e. The summed E-state index contributed by atoms with van der Waals surface area (Å²) >= 11 is 1.34. The van der Waals surface area contributed by atoms with Gasteiger partial charge in [-0.3, -0.25) is 14.4 Å². The summed E-state index contributed by atoms with van der Waals surface area (Å²) in [5, 5.41) is 1.84. The van der Waals surface area contributed by atoms with Gasteiger partial charge < -0.3 is 9.47 Å². The van der Waals surface area contributed by atoms with Gasteiger partial charge in [-0.1, -0.05) is 26.3 Å². The van der Waals surface area contributed by atoms with Crippen molar-refractivity contribution in [2.45, 2.75) is 72.1 Å². The molecule has 0 radical (unpaired) electrons. The first kappa shape index (κ1) is 25.1. The fourth-order valence-corrected chi connectivity index (χ4v) is 7.39. The summed E-state index contributed by atoms with van der Waals surface area (Å²) in [5.74, 6) is -0.289. The zero-order chi connectivity index (χ0) is 24.5. The number of hydrogen-bond donors (Lipinski definition) is 0. The molecule has 4 unspecified atom stereocenters. The predicted molar refractivity (Wildman–Crippen MR) is 128 cm³/mol. The highest BCUT2D eigenvalue weighted by Gasteiger charge is 2.56. The minimum absolute atomic E-state index is 0.00380. The van der Waals surface area contributed by atoms with E-state index in [1.54, 1.807) is 6.07 Å². The first-order valence-electron chi connectivity index (χ1n) is 12.6. The molecule has 0 N–H and O–H groups in total. The summed E-state index contributed by atoms with van der Waals surface area (Å²) < 4.78 is 11.1. The van der Waals surface area contributed by atoms with Crippen molar-refractivity contribution in [1.82, 2.24) is 0 Å². The molecule has 0 aliphatic heterocycles. The second kappa shape index (κ2) is 9.92. The van der Waals surface area contributed by atoms with Crippen molar-refractivity contribution >= 4 is 34.8 Å². The molecule has 7 heteroatoms. The van der Waals surface area contributed by atoms with E-state index in [9.17, 15) is 19.2 Å². The first-order valence-corrected chi connectivity index (χ1v) is 13.5. The normalized spacial score (nSPS) is 35.1. The largest absolute Gasteiger partial charge is 0.466 e. The Morgan fingerprint density at radius 2 is 1.85 bits per heavy atom. The number of thiophene rings is 1. The minimum Gasteiger partial charge on any atom is -0.466 e. The topological polar surface area (TPSA) is 86.7 Å². The molecule has 1 aromatic heterocycles. The van der Waals surface area contributed by atoms with Crippen LogP contribution in [0, 0.1) is 34.5 Å². The van der Waals surface area contributed by atoms with Crippen LogP contribution in [0.1, 0.15) is 81.8 Å². The fraction of sp³-hybridized carbons (Fsp3) is 0.704. The molecule has 4 atom stereocenters. The van der Waals surface area contributed by atoms with Gasteiger partial charge in [-0.05, 0) is 67.7 Å². The van der Waals surface area contributed by atoms with E-state index in [2.05, 4.69) is 6.92 Å². The van der Waals surface area contributed by atoms with Gasteiger partial charge in [-0.15, -0.1) is 11.3 Å². The van der Waals surface area contributed by atoms with Crippen LogP contribution in [0.2, 0.25) is 0 Å². The molecule has 2 bridgehead atoms. The Kier molecular flexibility index (Phi) is 7.32. The molecule has 4 fully saturated rings. The summed E-state index contributed by atoms with van der Waals surface area (Å²) in [6.45, 7) is 5.90. The second-order valence-electron chi connectivity index (χ2n) is 11.0. The number of Topliss-reactive ketones (excluding diaryl/α,β-unsaturated/α-hetero) is 2. The first-order chi connectivity index (χ1) is 16.2. The van der Waals surface area contributed by atoms with Gasteiger partial charge >= 0.3 is 11.9 Å². The third-order valence-corrected chi connectivity index (χ3v) is 9.81. The smallest absolute Gasteiger partial charge is 0.348 e. The van der Waals surface area contributed by atoms with E-state index in [1.165, 1.54) is 18.3 Å². The van der Waals surface area contributed by atoms with Gasteiger partial charge in [-0.25, -0.2) is 4.79 Å². The van der Waals surface area contributed by atoms with Gasteiger partial charge in [0.2, 0.25) is 0 Å². The molecular weight excluding hydrogens is 452 g/mol. The lowest BCUT2D eigenvalue weighted by Gasteiger charge is -2.50. The van der Waals surface area contributed by atoms with Gasteiger partial charge in [0.25, 0.3) is 0 Å². The van der Waals surface area contributed by atoms with Crippen LogP contribution in [0.4, 0.5) is 0 Å². The Labute approximate surface area is 205 Å². The van der Waals surface area contributed by atoms with E-state index in [4.69, 9.17) is 9.47 Å². The monoisotopic (exact) mass is 488 g/mol. The van der Waals surface area contributed by atoms with Gasteiger partial charge in [0.05, 0.1) is 18.6 Å². The zero-order valence-electron chi connectivity index (χ0n) is 20.5. The molecule has 1 aromatic rings. The van der Waals surface area contributed by atoms with Crippen LogP contribution in [-0.4, -0.2) is 36.7 Å². The fourth-order valence-electron chi connectivity index (χ4n) is 6.78. The number of carbonyl (C=O) groups is 4. The summed E-state index contributed by atoms with van der Waals surface area (Å²) in [7, 11) is 0. The van der Waals surface area contributed by atoms with Gasteiger partial charge in [0, 0.05) is 24.7 Å². The summed E-state index contributed by atoms with van der Waals surface area (Å²) in [6, 6.07) is 3.56. The van der Waals surface area contributed by atoms with Gasteiger partial charge in [0.1, 0.15) is 16.4 Å². The third kappa shape index (κ3) is 4.73. The summed E-state index contributed by atoms with van der Waals surface area (Å²) in [4.78, 5) is 51.8. The minimum atomic E-state index is -0.855. The molecule has 6 nitrogen and oxygen atoms in total. The highest BCUT2D eigenvalue weighted by atomic mass is 32.1. The molecule has 186 valence electrons. The van der Waals surface area contributed by atoms with Crippen LogP contribution in [0.15, 0.2) is 17.5 Å². The van der Waals surface area contributed by atoms with E-state index < -0.39 is 10.8 Å². The van der Waals surface area contributed by atoms with Gasteiger partial charge in [-0.2, -0.15) is 0 Å². The highest BCUT2D eigenvalue weighted by molar-refractivity contribution is 7.11.